The van der Waals surface area contributed by atoms with Crippen LogP contribution in [0.2, 0.25) is 0 Å². The van der Waals surface area contributed by atoms with Gasteiger partial charge in [-0.15, -0.1) is 10.2 Å². The number of benzene rings is 3. The average Bonchev–Trinajstić information content (AvgIpc) is 3.47. The summed E-state index contributed by atoms with van der Waals surface area (Å²) in [5.74, 6) is -1.22. The lowest BCUT2D eigenvalue weighted by molar-refractivity contribution is -0.119. The number of rotatable bonds is 7. The van der Waals surface area contributed by atoms with Gasteiger partial charge in [0, 0.05) is 5.69 Å². The van der Waals surface area contributed by atoms with Crippen LogP contribution in [0.5, 0.6) is 11.5 Å². The Balaban J connectivity index is 1.15. The normalized spacial score (nSPS) is 12.7. The second-order valence-corrected chi connectivity index (χ2v) is 11.5. The number of hydrogen-bond donors (Lipinski definition) is 1. The highest BCUT2D eigenvalue weighted by Gasteiger charge is 2.39. The number of anilines is 2. The van der Waals surface area contributed by atoms with Gasteiger partial charge in [0.15, 0.2) is 6.61 Å². The molecule has 3 amide bonds. The van der Waals surface area contributed by atoms with Gasteiger partial charge in [0.05, 0.1) is 16.7 Å². The first kappa shape index (κ1) is 27.7. The molecule has 0 fully saturated rings. The molecule has 1 N–H and O–H groups in total. The van der Waals surface area contributed by atoms with Crippen molar-refractivity contribution in [3.63, 3.8) is 0 Å². The van der Waals surface area contributed by atoms with E-state index in [1.165, 1.54) is 23.8 Å². The molecular formula is C30H26N4O6S. The van der Waals surface area contributed by atoms with Crippen molar-refractivity contribution in [1.29, 1.82) is 0 Å². The minimum atomic E-state index is -0.811. The van der Waals surface area contributed by atoms with E-state index in [1.807, 2.05) is 24.3 Å². The van der Waals surface area contributed by atoms with E-state index in [9.17, 15) is 19.2 Å². The van der Waals surface area contributed by atoms with E-state index in [1.54, 1.807) is 31.2 Å². The average molecular weight is 571 g/mol. The number of carbonyl (C=O) groups is 4. The van der Waals surface area contributed by atoms with Crippen molar-refractivity contribution in [2.24, 2.45) is 0 Å². The summed E-state index contributed by atoms with van der Waals surface area (Å²) in [4.78, 5) is 51.5. The summed E-state index contributed by atoms with van der Waals surface area (Å²) < 4.78 is 11.0. The molecule has 1 aliphatic rings. The molecule has 1 aliphatic heterocycles. The molecule has 3 aromatic carbocycles. The molecule has 41 heavy (non-hydrogen) atoms. The Kier molecular flexibility index (Phi) is 7.38. The number of aryl methyl sites for hydroxylation is 1. The lowest BCUT2D eigenvalue weighted by Crippen LogP contribution is -2.29. The molecule has 0 atom stereocenters. The number of nitrogens with one attached hydrogen (secondary N) is 1. The number of aromatic nitrogens is 2. The Bertz CT molecular complexity index is 1660. The van der Waals surface area contributed by atoms with E-state index in [4.69, 9.17) is 9.47 Å². The largest absolute Gasteiger partial charge is 0.457 e. The van der Waals surface area contributed by atoms with Gasteiger partial charge in [-0.1, -0.05) is 44.2 Å². The van der Waals surface area contributed by atoms with Gasteiger partial charge in [0.1, 0.15) is 16.5 Å². The molecule has 1 aromatic heterocycles. The lowest BCUT2D eigenvalue weighted by Gasteiger charge is -2.19. The van der Waals surface area contributed by atoms with E-state index in [2.05, 4.69) is 36.3 Å². The molecule has 2 heterocycles. The zero-order chi connectivity index (χ0) is 29.3. The molecule has 11 heteroatoms. The molecule has 4 aromatic rings. The van der Waals surface area contributed by atoms with Crippen LogP contribution in [0.15, 0.2) is 66.7 Å². The highest BCUT2D eigenvalue weighted by molar-refractivity contribution is 7.15. The van der Waals surface area contributed by atoms with Crippen molar-refractivity contribution in [2.45, 2.75) is 33.1 Å². The number of amides is 3. The fourth-order valence-electron chi connectivity index (χ4n) is 4.09. The molecule has 0 unspecified atom stereocenters. The first-order valence-electron chi connectivity index (χ1n) is 12.7. The minimum absolute atomic E-state index is 0.0324. The van der Waals surface area contributed by atoms with Gasteiger partial charge in [0.25, 0.3) is 17.7 Å². The van der Waals surface area contributed by atoms with Crippen LogP contribution in [0.3, 0.4) is 0 Å². The van der Waals surface area contributed by atoms with E-state index in [-0.39, 0.29) is 27.2 Å². The standard InChI is InChI=1S/C30H26N4O6S/c1-17-32-33-29(41-17)34-26(36)23-14-5-18(15-24(23)27(34)37)28(38)39-16-25(35)31-20-8-12-22(13-9-20)40-21-10-6-19(7-11-21)30(2,3)4/h5-15H,16H2,1-4H3,(H,31,35). The number of nitrogens with zero attached hydrogens (tertiary/aromatic N) is 3. The summed E-state index contributed by atoms with van der Waals surface area (Å²) in [5, 5.41) is 11.1. The summed E-state index contributed by atoms with van der Waals surface area (Å²) in [6.07, 6.45) is 0. The zero-order valence-electron chi connectivity index (χ0n) is 22.8. The predicted molar refractivity (Wildman–Crippen MR) is 153 cm³/mol. The Morgan fingerprint density at radius 3 is 2.12 bits per heavy atom. The number of carbonyl (C=O) groups excluding carboxylic acids is 4. The Labute approximate surface area is 239 Å². The van der Waals surface area contributed by atoms with Crippen molar-refractivity contribution in [2.75, 3.05) is 16.8 Å². The predicted octanol–water partition coefficient (Wildman–Crippen LogP) is 5.53. The van der Waals surface area contributed by atoms with Crippen LogP contribution in [0, 0.1) is 6.92 Å². The van der Waals surface area contributed by atoms with Crippen molar-refractivity contribution >= 4 is 45.8 Å². The fourth-order valence-corrected chi connectivity index (χ4v) is 4.78. The van der Waals surface area contributed by atoms with Crippen molar-refractivity contribution in [3.8, 4) is 11.5 Å². The number of imide groups is 1. The quantitative estimate of drug-likeness (QED) is 0.227. The van der Waals surface area contributed by atoms with Gasteiger partial charge in [0.2, 0.25) is 5.13 Å². The third-order valence-corrected chi connectivity index (χ3v) is 7.08. The van der Waals surface area contributed by atoms with E-state index in [0.717, 1.165) is 16.2 Å². The highest BCUT2D eigenvalue weighted by atomic mass is 32.1. The maximum atomic E-state index is 12.9. The Morgan fingerprint density at radius 1 is 0.878 bits per heavy atom. The molecule has 0 saturated heterocycles. The van der Waals surface area contributed by atoms with Gasteiger partial charge in [-0.05, 0) is 72.5 Å². The highest BCUT2D eigenvalue weighted by Crippen LogP contribution is 2.31. The molecular weight excluding hydrogens is 544 g/mol. The summed E-state index contributed by atoms with van der Waals surface area (Å²) in [6, 6.07) is 18.7. The van der Waals surface area contributed by atoms with Gasteiger partial charge < -0.3 is 14.8 Å². The number of hydrogen-bond acceptors (Lipinski definition) is 9. The lowest BCUT2D eigenvalue weighted by atomic mass is 9.87. The van der Waals surface area contributed by atoms with Gasteiger partial charge in [-0.2, -0.15) is 0 Å². The molecule has 0 spiro atoms. The van der Waals surface area contributed by atoms with Crippen LogP contribution >= 0.6 is 11.3 Å². The maximum Gasteiger partial charge on any atom is 0.338 e. The summed E-state index contributed by atoms with van der Waals surface area (Å²) >= 11 is 1.11. The topological polar surface area (TPSA) is 128 Å². The fraction of sp³-hybridized carbons (Fsp3) is 0.200. The van der Waals surface area contributed by atoms with Crippen LogP contribution in [0.25, 0.3) is 0 Å². The minimum Gasteiger partial charge on any atom is -0.457 e. The Hall–Kier alpha value is -4.90. The van der Waals surface area contributed by atoms with Crippen molar-refractivity contribution in [3.05, 3.63) is 94.0 Å². The van der Waals surface area contributed by atoms with Gasteiger partial charge in [-0.25, -0.2) is 9.69 Å². The number of esters is 1. The first-order valence-corrected chi connectivity index (χ1v) is 13.5. The maximum absolute atomic E-state index is 12.9. The van der Waals surface area contributed by atoms with Crippen LogP contribution < -0.4 is 15.0 Å². The third kappa shape index (κ3) is 5.99. The molecule has 208 valence electrons. The van der Waals surface area contributed by atoms with Crippen LogP contribution in [-0.2, 0) is 14.9 Å². The van der Waals surface area contributed by atoms with Gasteiger partial charge in [-0.3, -0.25) is 14.4 Å². The van der Waals surface area contributed by atoms with E-state index in [0.29, 0.717) is 22.2 Å². The van der Waals surface area contributed by atoms with Crippen LogP contribution in [0.1, 0.15) is 62.4 Å². The molecule has 0 aliphatic carbocycles. The molecule has 10 nitrogen and oxygen atoms in total. The number of fused-ring (bicyclic) bond motifs is 1. The van der Waals surface area contributed by atoms with Crippen LogP contribution in [-0.4, -0.2) is 40.5 Å². The second kappa shape index (κ2) is 10.9. The monoisotopic (exact) mass is 570 g/mol. The van der Waals surface area contributed by atoms with Gasteiger partial charge >= 0.3 is 5.97 Å². The molecule has 5 rings (SSSR count). The molecule has 0 saturated carbocycles. The Morgan fingerprint density at radius 2 is 1.51 bits per heavy atom. The molecule has 0 bridgehead atoms. The second-order valence-electron chi connectivity index (χ2n) is 10.3. The third-order valence-electron chi connectivity index (χ3n) is 6.26. The van der Waals surface area contributed by atoms with Crippen molar-refractivity contribution < 1.29 is 28.7 Å². The smallest absolute Gasteiger partial charge is 0.338 e. The summed E-state index contributed by atoms with van der Waals surface area (Å²) in [7, 11) is 0. The molecule has 0 radical (unpaired) electrons. The SMILES string of the molecule is Cc1nnc(N2C(=O)c3ccc(C(=O)OCC(=O)Nc4ccc(Oc5ccc(C(C)(C)C)cc5)cc4)cc3C2=O)s1. The number of ether oxygens (including phenoxy) is 2. The van der Waals surface area contributed by atoms with Crippen molar-refractivity contribution in [1.82, 2.24) is 10.2 Å². The van der Waals surface area contributed by atoms with Crippen LogP contribution in [0.4, 0.5) is 10.8 Å². The zero-order valence-corrected chi connectivity index (χ0v) is 23.6. The summed E-state index contributed by atoms with van der Waals surface area (Å²) in [5.41, 5.74) is 1.98. The summed E-state index contributed by atoms with van der Waals surface area (Å²) in [6.45, 7) is 7.60. The van der Waals surface area contributed by atoms with E-state index >= 15 is 0 Å². The van der Waals surface area contributed by atoms with E-state index < -0.39 is 30.3 Å². The first-order chi connectivity index (χ1) is 19.5.